The fraction of sp³-hybridized carbons (Fsp3) is 0.471. The van der Waals surface area contributed by atoms with Gasteiger partial charge in [-0.1, -0.05) is 11.6 Å². The van der Waals surface area contributed by atoms with E-state index in [1.54, 1.807) is 12.1 Å². The molecule has 0 aromatic heterocycles. The molecule has 2 saturated heterocycles. The maximum absolute atomic E-state index is 12.3. The van der Waals surface area contributed by atoms with Crippen molar-refractivity contribution < 1.29 is 19.1 Å². The Labute approximate surface area is 150 Å². The zero-order valence-corrected chi connectivity index (χ0v) is 14.6. The lowest BCUT2D eigenvalue weighted by atomic mass is 10.2. The van der Waals surface area contributed by atoms with Crippen molar-refractivity contribution in [2.75, 3.05) is 43.1 Å². The Morgan fingerprint density at radius 2 is 1.84 bits per heavy atom. The lowest BCUT2D eigenvalue weighted by molar-refractivity contribution is -0.138. The summed E-state index contributed by atoms with van der Waals surface area (Å²) in [6.07, 6.45) is 0.526. The molecule has 0 atom stereocenters. The Balaban J connectivity index is 1.65. The van der Waals surface area contributed by atoms with Gasteiger partial charge in [0.2, 0.25) is 17.7 Å². The van der Waals surface area contributed by atoms with Crippen LogP contribution in [-0.4, -0.2) is 55.5 Å². The zero-order chi connectivity index (χ0) is 17.8. The van der Waals surface area contributed by atoms with Crippen LogP contribution >= 0.6 is 11.6 Å². The zero-order valence-electron chi connectivity index (χ0n) is 13.8. The molecule has 8 heteroatoms. The summed E-state index contributed by atoms with van der Waals surface area (Å²) < 4.78 is 5.36. The molecule has 3 rings (SSSR count). The van der Waals surface area contributed by atoms with Gasteiger partial charge in [-0.15, -0.1) is 0 Å². The summed E-state index contributed by atoms with van der Waals surface area (Å²) >= 11 is 6.07. The Morgan fingerprint density at radius 3 is 2.52 bits per heavy atom. The number of benzene rings is 1. The molecule has 0 radical (unpaired) electrons. The summed E-state index contributed by atoms with van der Waals surface area (Å²) in [5, 5.41) is 3.37. The summed E-state index contributed by atoms with van der Waals surface area (Å²) in [6.45, 7) is 2.85. The van der Waals surface area contributed by atoms with E-state index in [2.05, 4.69) is 10.2 Å². The molecule has 3 amide bonds. The van der Waals surface area contributed by atoms with Crippen molar-refractivity contribution in [1.29, 1.82) is 0 Å². The number of likely N-dealkylation sites (tertiary alicyclic amines) is 1. The molecule has 7 nitrogen and oxygen atoms in total. The van der Waals surface area contributed by atoms with Crippen LogP contribution in [0.5, 0.6) is 0 Å². The summed E-state index contributed by atoms with van der Waals surface area (Å²) in [6, 6.07) is 5.36. The molecule has 1 N–H and O–H groups in total. The first-order valence-electron chi connectivity index (χ1n) is 8.30. The number of hydrogen-bond donors (Lipinski definition) is 1. The van der Waals surface area contributed by atoms with E-state index in [-0.39, 0.29) is 43.5 Å². The van der Waals surface area contributed by atoms with E-state index in [0.717, 1.165) is 23.7 Å². The average Bonchev–Trinajstić information content (AvgIpc) is 2.92. The minimum absolute atomic E-state index is 0.0620. The van der Waals surface area contributed by atoms with Gasteiger partial charge in [0.1, 0.15) is 0 Å². The third-order valence-corrected chi connectivity index (χ3v) is 4.54. The molecule has 134 valence electrons. The van der Waals surface area contributed by atoms with Gasteiger partial charge < -0.3 is 15.0 Å². The predicted molar refractivity (Wildman–Crippen MR) is 93.7 cm³/mol. The number of carbonyl (C=O) groups excluding carboxylic acids is 3. The fourth-order valence-corrected chi connectivity index (χ4v) is 3.16. The number of halogens is 1. The number of nitrogens with zero attached hydrogens (tertiary/aromatic N) is 2. The molecule has 0 saturated carbocycles. The van der Waals surface area contributed by atoms with Gasteiger partial charge in [-0.05, 0) is 18.2 Å². The normalized spacial score (nSPS) is 18.0. The van der Waals surface area contributed by atoms with E-state index >= 15 is 0 Å². The second-order valence-electron chi connectivity index (χ2n) is 6.00. The summed E-state index contributed by atoms with van der Waals surface area (Å²) in [4.78, 5) is 38.8. The van der Waals surface area contributed by atoms with E-state index in [1.807, 2.05) is 6.07 Å². The highest BCUT2D eigenvalue weighted by Gasteiger charge is 2.29. The number of amides is 3. The molecular weight excluding hydrogens is 346 g/mol. The highest BCUT2D eigenvalue weighted by Crippen LogP contribution is 2.30. The van der Waals surface area contributed by atoms with Crippen molar-refractivity contribution in [2.24, 2.45) is 0 Å². The molecule has 2 aliphatic heterocycles. The predicted octanol–water partition coefficient (Wildman–Crippen LogP) is 1.65. The van der Waals surface area contributed by atoms with Crippen LogP contribution in [0.3, 0.4) is 0 Å². The monoisotopic (exact) mass is 365 g/mol. The first kappa shape index (κ1) is 17.7. The number of rotatable bonds is 5. The summed E-state index contributed by atoms with van der Waals surface area (Å²) in [7, 11) is 0. The molecule has 1 aromatic rings. The van der Waals surface area contributed by atoms with Crippen molar-refractivity contribution >= 4 is 40.7 Å². The van der Waals surface area contributed by atoms with E-state index in [1.165, 1.54) is 0 Å². The molecular formula is C17H20ClN3O4. The van der Waals surface area contributed by atoms with Gasteiger partial charge in [0.25, 0.3) is 0 Å². The summed E-state index contributed by atoms with van der Waals surface area (Å²) in [5.74, 6) is -0.687. The lowest BCUT2D eigenvalue weighted by Gasteiger charge is -2.30. The van der Waals surface area contributed by atoms with Crippen molar-refractivity contribution in [1.82, 2.24) is 4.90 Å². The smallest absolute Gasteiger partial charge is 0.229 e. The van der Waals surface area contributed by atoms with Gasteiger partial charge in [0, 0.05) is 43.9 Å². The van der Waals surface area contributed by atoms with Crippen LogP contribution in [-0.2, 0) is 19.1 Å². The standard InChI is InChI=1S/C17H20ClN3O4/c18-12-1-2-14(20-7-9-25-10-8-20)13(11-12)19-15(22)5-6-21-16(23)3-4-17(21)24/h1-2,11H,3-10H2,(H,19,22). The molecule has 0 bridgehead atoms. The van der Waals surface area contributed by atoms with E-state index in [9.17, 15) is 14.4 Å². The number of imide groups is 1. The van der Waals surface area contributed by atoms with E-state index < -0.39 is 0 Å². The molecule has 2 heterocycles. The number of ether oxygens (including phenoxy) is 1. The van der Waals surface area contributed by atoms with Gasteiger partial charge in [-0.25, -0.2) is 0 Å². The van der Waals surface area contributed by atoms with Crippen LogP contribution in [0.15, 0.2) is 18.2 Å². The van der Waals surface area contributed by atoms with Gasteiger partial charge >= 0.3 is 0 Å². The van der Waals surface area contributed by atoms with Crippen LogP contribution < -0.4 is 10.2 Å². The molecule has 25 heavy (non-hydrogen) atoms. The van der Waals surface area contributed by atoms with Crippen molar-refractivity contribution in [3.8, 4) is 0 Å². The molecule has 0 spiro atoms. The number of morpholine rings is 1. The first-order chi connectivity index (χ1) is 12.0. The molecule has 1 aromatic carbocycles. The van der Waals surface area contributed by atoms with Gasteiger partial charge in [-0.2, -0.15) is 0 Å². The number of nitrogens with one attached hydrogen (secondary N) is 1. The molecule has 2 aliphatic rings. The number of hydrogen-bond acceptors (Lipinski definition) is 5. The molecule has 2 fully saturated rings. The Morgan fingerprint density at radius 1 is 1.16 bits per heavy atom. The Hall–Kier alpha value is -2.12. The second-order valence-corrected chi connectivity index (χ2v) is 6.43. The topological polar surface area (TPSA) is 79.0 Å². The lowest BCUT2D eigenvalue weighted by Crippen LogP contribution is -2.37. The molecule has 0 unspecified atom stereocenters. The maximum atomic E-state index is 12.3. The van der Waals surface area contributed by atoms with Gasteiger partial charge in [0.05, 0.1) is 24.6 Å². The van der Waals surface area contributed by atoms with E-state index in [0.29, 0.717) is 23.9 Å². The van der Waals surface area contributed by atoms with Crippen molar-refractivity contribution in [3.63, 3.8) is 0 Å². The van der Waals surface area contributed by atoms with Crippen LogP contribution in [0, 0.1) is 0 Å². The molecule has 0 aliphatic carbocycles. The maximum Gasteiger partial charge on any atom is 0.229 e. The van der Waals surface area contributed by atoms with Gasteiger partial charge in [-0.3, -0.25) is 19.3 Å². The number of carbonyl (C=O) groups is 3. The SMILES string of the molecule is O=C(CCN1C(=O)CCC1=O)Nc1cc(Cl)ccc1N1CCOCC1. The largest absolute Gasteiger partial charge is 0.378 e. The second kappa shape index (κ2) is 7.84. The third kappa shape index (κ3) is 4.29. The average molecular weight is 366 g/mol. The minimum atomic E-state index is -0.260. The fourth-order valence-electron chi connectivity index (χ4n) is 2.99. The third-order valence-electron chi connectivity index (χ3n) is 4.30. The van der Waals surface area contributed by atoms with Crippen LogP contribution in [0.1, 0.15) is 19.3 Å². The van der Waals surface area contributed by atoms with Crippen molar-refractivity contribution in [3.05, 3.63) is 23.2 Å². The van der Waals surface area contributed by atoms with Crippen LogP contribution in [0.2, 0.25) is 5.02 Å². The minimum Gasteiger partial charge on any atom is -0.378 e. The van der Waals surface area contributed by atoms with Crippen molar-refractivity contribution in [2.45, 2.75) is 19.3 Å². The summed E-state index contributed by atoms with van der Waals surface area (Å²) in [5.41, 5.74) is 1.51. The van der Waals surface area contributed by atoms with Crippen LogP contribution in [0.25, 0.3) is 0 Å². The Kier molecular flexibility index (Phi) is 5.55. The Bertz CT molecular complexity index is 672. The van der Waals surface area contributed by atoms with Crippen LogP contribution in [0.4, 0.5) is 11.4 Å². The highest BCUT2D eigenvalue weighted by atomic mass is 35.5. The first-order valence-corrected chi connectivity index (χ1v) is 8.67. The van der Waals surface area contributed by atoms with Gasteiger partial charge in [0.15, 0.2) is 0 Å². The van der Waals surface area contributed by atoms with E-state index in [4.69, 9.17) is 16.3 Å². The highest BCUT2D eigenvalue weighted by molar-refractivity contribution is 6.31. The number of anilines is 2. The quantitative estimate of drug-likeness (QED) is 0.803.